The summed E-state index contributed by atoms with van der Waals surface area (Å²) in [6.07, 6.45) is 2.97. The molecule has 90 valence electrons. The van der Waals surface area contributed by atoms with Gasteiger partial charge in [-0.3, -0.25) is 15.2 Å². The first-order valence-corrected chi connectivity index (χ1v) is 5.40. The van der Waals surface area contributed by atoms with Crippen LogP contribution in [0, 0.1) is 12.7 Å². The van der Waals surface area contributed by atoms with E-state index in [1.807, 2.05) is 0 Å². The van der Waals surface area contributed by atoms with Crippen molar-refractivity contribution in [3.63, 3.8) is 0 Å². The number of aromatic nitrogens is 1. The first kappa shape index (κ1) is 11.5. The molecule has 0 saturated carbocycles. The van der Waals surface area contributed by atoms with Gasteiger partial charge in [-0.25, -0.2) is 4.39 Å². The molecule has 1 saturated heterocycles. The molecule has 1 aromatic heterocycles. The van der Waals surface area contributed by atoms with Crippen LogP contribution in [-0.4, -0.2) is 23.1 Å². The fourth-order valence-corrected chi connectivity index (χ4v) is 1.48. The predicted octanol–water partition coefficient (Wildman–Crippen LogP) is 1.21. The standard InChI is InChI=1S/C11H13FN4O/c1-7-9(12)5-8(6-14-7)15-16-10-3-2-4-13-11(10)17/h5-6,15H,2-4H2,1H3,(H,13,17)/b16-10+. The summed E-state index contributed by atoms with van der Waals surface area (Å²) in [5.74, 6) is -0.576. The molecule has 2 rings (SSSR count). The molecule has 1 aliphatic rings. The average Bonchev–Trinajstić information content (AvgIpc) is 2.32. The van der Waals surface area contributed by atoms with Crippen LogP contribution < -0.4 is 10.7 Å². The van der Waals surface area contributed by atoms with Crippen molar-refractivity contribution in [2.75, 3.05) is 12.0 Å². The van der Waals surface area contributed by atoms with Crippen molar-refractivity contribution in [1.82, 2.24) is 10.3 Å². The fourth-order valence-electron chi connectivity index (χ4n) is 1.48. The van der Waals surface area contributed by atoms with Crippen LogP contribution in [0.4, 0.5) is 10.1 Å². The van der Waals surface area contributed by atoms with Gasteiger partial charge in [0.1, 0.15) is 11.5 Å². The van der Waals surface area contributed by atoms with E-state index in [4.69, 9.17) is 0 Å². The summed E-state index contributed by atoms with van der Waals surface area (Å²) < 4.78 is 13.2. The Morgan fingerprint density at radius 2 is 2.41 bits per heavy atom. The van der Waals surface area contributed by atoms with Crippen LogP contribution in [0.1, 0.15) is 18.5 Å². The molecule has 1 amide bonds. The number of pyridine rings is 1. The van der Waals surface area contributed by atoms with Crippen LogP contribution in [0.2, 0.25) is 0 Å². The van der Waals surface area contributed by atoms with Crippen LogP contribution in [0.5, 0.6) is 0 Å². The Morgan fingerprint density at radius 3 is 3.12 bits per heavy atom. The van der Waals surface area contributed by atoms with Crippen molar-refractivity contribution in [3.05, 3.63) is 23.8 Å². The molecule has 1 aliphatic heterocycles. The van der Waals surface area contributed by atoms with Crippen molar-refractivity contribution in [2.45, 2.75) is 19.8 Å². The Balaban J connectivity index is 2.08. The molecule has 0 unspecified atom stereocenters. The smallest absolute Gasteiger partial charge is 0.267 e. The van der Waals surface area contributed by atoms with E-state index in [1.165, 1.54) is 12.3 Å². The fraction of sp³-hybridized carbons (Fsp3) is 0.364. The van der Waals surface area contributed by atoms with Gasteiger partial charge in [0.05, 0.1) is 17.6 Å². The second-order valence-electron chi connectivity index (χ2n) is 3.82. The number of halogens is 1. The van der Waals surface area contributed by atoms with Gasteiger partial charge >= 0.3 is 0 Å². The van der Waals surface area contributed by atoms with Crippen LogP contribution in [-0.2, 0) is 4.79 Å². The Labute approximate surface area is 98.1 Å². The Kier molecular flexibility index (Phi) is 3.32. The summed E-state index contributed by atoms with van der Waals surface area (Å²) in [4.78, 5) is 15.2. The largest absolute Gasteiger partial charge is 0.351 e. The normalized spacial score (nSPS) is 18.0. The number of carbonyl (C=O) groups excluding carboxylic acids is 1. The zero-order valence-corrected chi connectivity index (χ0v) is 9.46. The second-order valence-corrected chi connectivity index (χ2v) is 3.82. The van der Waals surface area contributed by atoms with E-state index in [1.54, 1.807) is 6.92 Å². The van der Waals surface area contributed by atoms with Crippen LogP contribution in [0.15, 0.2) is 17.4 Å². The summed E-state index contributed by atoms with van der Waals surface area (Å²) >= 11 is 0. The maximum atomic E-state index is 13.2. The molecule has 0 aliphatic carbocycles. The molecule has 17 heavy (non-hydrogen) atoms. The lowest BCUT2D eigenvalue weighted by Gasteiger charge is -2.13. The molecule has 0 atom stereocenters. The van der Waals surface area contributed by atoms with E-state index in [9.17, 15) is 9.18 Å². The third-order valence-corrected chi connectivity index (χ3v) is 2.48. The summed E-state index contributed by atoms with van der Waals surface area (Å²) in [7, 11) is 0. The highest BCUT2D eigenvalue weighted by atomic mass is 19.1. The number of carbonyl (C=O) groups is 1. The van der Waals surface area contributed by atoms with Crippen molar-refractivity contribution in [3.8, 4) is 0 Å². The molecule has 5 nitrogen and oxygen atoms in total. The highest BCUT2D eigenvalue weighted by Crippen LogP contribution is 2.11. The van der Waals surface area contributed by atoms with Crippen LogP contribution >= 0.6 is 0 Å². The number of hydrogen-bond donors (Lipinski definition) is 2. The van der Waals surface area contributed by atoms with Crippen molar-refractivity contribution >= 4 is 17.3 Å². The summed E-state index contributed by atoms with van der Waals surface area (Å²) in [6, 6.07) is 1.30. The quantitative estimate of drug-likeness (QED) is 0.758. The highest BCUT2D eigenvalue weighted by molar-refractivity contribution is 6.39. The Hall–Kier alpha value is -1.98. The van der Waals surface area contributed by atoms with Crippen molar-refractivity contribution in [1.29, 1.82) is 0 Å². The topological polar surface area (TPSA) is 66.4 Å². The van der Waals surface area contributed by atoms with Gasteiger partial charge in [0.25, 0.3) is 5.91 Å². The van der Waals surface area contributed by atoms with Gasteiger partial charge in [0.2, 0.25) is 0 Å². The maximum Gasteiger partial charge on any atom is 0.267 e. The minimum atomic E-state index is -0.400. The van der Waals surface area contributed by atoms with Gasteiger partial charge in [0, 0.05) is 12.6 Å². The average molecular weight is 236 g/mol. The number of anilines is 1. The lowest BCUT2D eigenvalue weighted by molar-refractivity contribution is -0.115. The van der Waals surface area contributed by atoms with E-state index < -0.39 is 5.82 Å². The molecule has 0 radical (unpaired) electrons. The lowest BCUT2D eigenvalue weighted by atomic mass is 10.1. The lowest BCUT2D eigenvalue weighted by Crippen LogP contribution is -2.37. The number of nitrogens with zero attached hydrogens (tertiary/aromatic N) is 2. The van der Waals surface area contributed by atoms with Gasteiger partial charge in [-0.05, 0) is 19.8 Å². The van der Waals surface area contributed by atoms with Crippen molar-refractivity contribution < 1.29 is 9.18 Å². The maximum absolute atomic E-state index is 13.2. The van der Waals surface area contributed by atoms with Crippen LogP contribution in [0.3, 0.4) is 0 Å². The molecule has 1 aromatic rings. The number of amides is 1. The minimum absolute atomic E-state index is 0.177. The predicted molar refractivity (Wildman–Crippen MR) is 62.2 cm³/mol. The van der Waals surface area contributed by atoms with E-state index >= 15 is 0 Å². The molecule has 0 spiro atoms. The van der Waals surface area contributed by atoms with E-state index in [2.05, 4.69) is 20.8 Å². The number of rotatable bonds is 2. The molecule has 0 bridgehead atoms. The van der Waals surface area contributed by atoms with Gasteiger partial charge < -0.3 is 5.32 Å². The van der Waals surface area contributed by atoms with Gasteiger partial charge in [0.15, 0.2) is 0 Å². The Bertz CT molecular complexity index is 473. The van der Waals surface area contributed by atoms with E-state index in [-0.39, 0.29) is 5.91 Å². The van der Waals surface area contributed by atoms with Gasteiger partial charge in [-0.1, -0.05) is 0 Å². The zero-order valence-electron chi connectivity index (χ0n) is 9.46. The first-order chi connectivity index (χ1) is 8.16. The minimum Gasteiger partial charge on any atom is -0.351 e. The number of piperidine rings is 1. The molecule has 6 heteroatoms. The molecular weight excluding hydrogens is 223 g/mol. The molecule has 2 heterocycles. The van der Waals surface area contributed by atoms with Gasteiger partial charge in [-0.15, -0.1) is 0 Å². The third kappa shape index (κ3) is 2.77. The zero-order chi connectivity index (χ0) is 12.3. The number of hydrazone groups is 1. The van der Waals surface area contributed by atoms with Crippen LogP contribution in [0.25, 0.3) is 0 Å². The van der Waals surface area contributed by atoms with Gasteiger partial charge in [-0.2, -0.15) is 5.10 Å². The third-order valence-electron chi connectivity index (χ3n) is 2.48. The molecule has 2 N–H and O–H groups in total. The number of hydrogen-bond acceptors (Lipinski definition) is 4. The summed E-state index contributed by atoms with van der Waals surface area (Å²) in [6.45, 7) is 2.26. The molecule has 1 fully saturated rings. The molecule has 0 aromatic carbocycles. The van der Waals surface area contributed by atoms with E-state index in [0.717, 1.165) is 6.42 Å². The molecular formula is C11H13FN4O. The monoisotopic (exact) mass is 236 g/mol. The number of aryl methyl sites for hydroxylation is 1. The SMILES string of the molecule is Cc1ncc(N/N=C2\CCCNC2=O)cc1F. The van der Waals surface area contributed by atoms with E-state index in [0.29, 0.717) is 30.1 Å². The first-order valence-electron chi connectivity index (χ1n) is 5.40. The highest BCUT2D eigenvalue weighted by Gasteiger charge is 2.15. The Morgan fingerprint density at radius 1 is 1.59 bits per heavy atom. The number of nitrogens with one attached hydrogen (secondary N) is 2. The second kappa shape index (κ2) is 4.90. The summed E-state index contributed by atoms with van der Waals surface area (Å²) in [5, 5.41) is 6.64. The van der Waals surface area contributed by atoms with Crippen molar-refractivity contribution in [2.24, 2.45) is 5.10 Å². The summed E-state index contributed by atoms with van der Waals surface area (Å²) in [5.41, 5.74) is 3.83.